The smallest absolute Gasteiger partial charge is 0.271 e. The van der Waals surface area contributed by atoms with Gasteiger partial charge in [-0.2, -0.15) is 5.10 Å². The number of carbonyl (C=O) groups excluding carboxylic acids is 1. The van der Waals surface area contributed by atoms with Crippen LogP contribution in [0.4, 0.5) is 0 Å². The maximum atomic E-state index is 12.5. The van der Waals surface area contributed by atoms with Crippen LogP contribution in [-0.4, -0.2) is 39.3 Å². The largest absolute Gasteiger partial charge is 0.496 e. The number of amides is 1. The van der Waals surface area contributed by atoms with Gasteiger partial charge in [0.2, 0.25) is 0 Å². The van der Waals surface area contributed by atoms with Gasteiger partial charge in [-0.3, -0.25) is 9.48 Å². The van der Waals surface area contributed by atoms with E-state index in [4.69, 9.17) is 4.74 Å². The van der Waals surface area contributed by atoms with Gasteiger partial charge < -0.3 is 15.0 Å². The number of nitrogens with zero attached hydrogens (tertiary/aromatic N) is 3. The van der Waals surface area contributed by atoms with Crippen LogP contribution < -0.4 is 10.1 Å². The van der Waals surface area contributed by atoms with Crippen molar-refractivity contribution in [1.82, 2.24) is 25.1 Å². The van der Waals surface area contributed by atoms with Gasteiger partial charge in [-0.1, -0.05) is 18.2 Å². The molecule has 0 unspecified atom stereocenters. The molecular formula is C21H25N5O2. The normalized spacial score (nSPS) is 16.4. The Morgan fingerprint density at radius 3 is 2.86 bits per heavy atom. The molecule has 3 aromatic rings. The molecule has 2 N–H and O–H groups in total. The zero-order valence-corrected chi connectivity index (χ0v) is 16.5. The Bertz CT molecular complexity index is 1000. The van der Waals surface area contributed by atoms with Gasteiger partial charge in [-0.25, -0.2) is 4.98 Å². The summed E-state index contributed by atoms with van der Waals surface area (Å²) in [5.74, 6) is 1.66. The van der Waals surface area contributed by atoms with Crippen molar-refractivity contribution in [3.63, 3.8) is 0 Å². The lowest BCUT2D eigenvalue weighted by atomic mass is 9.93. The minimum absolute atomic E-state index is 0.124. The molecule has 2 aromatic heterocycles. The van der Waals surface area contributed by atoms with Crippen LogP contribution in [0.3, 0.4) is 0 Å². The number of aryl methyl sites for hydroxylation is 4. The lowest BCUT2D eigenvalue weighted by Gasteiger charge is -2.17. The summed E-state index contributed by atoms with van der Waals surface area (Å²) in [6.45, 7) is 5.32. The number of hydrogen-bond donors (Lipinski definition) is 2. The summed E-state index contributed by atoms with van der Waals surface area (Å²) in [4.78, 5) is 20.5. The Balaban J connectivity index is 1.56. The molecule has 0 bridgehead atoms. The Morgan fingerprint density at radius 2 is 2.11 bits per heavy atom. The minimum Gasteiger partial charge on any atom is -0.496 e. The van der Waals surface area contributed by atoms with Gasteiger partial charge in [0.1, 0.15) is 17.3 Å². The second kappa shape index (κ2) is 7.50. The zero-order chi connectivity index (χ0) is 19.7. The van der Waals surface area contributed by atoms with Crippen molar-refractivity contribution in [2.75, 3.05) is 13.7 Å². The lowest BCUT2D eigenvalue weighted by molar-refractivity contribution is 0.0950. The van der Waals surface area contributed by atoms with Crippen LogP contribution in [0, 0.1) is 13.8 Å². The van der Waals surface area contributed by atoms with Crippen LogP contribution in [-0.2, 0) is 19.4 Å². The summed E-state index contributed by atoms with van der Waals surface area (Å²) in [5.41, 5.74) is 4.61. The SMILES string of the molecule is COc1ccccc1[C@@H]1CNC(=O)c2nc(CCn3nc(C)cc3C)[nH]c2C1. The molecule has 0 saturated carbocycles. The van der Waals surface area contributed by atoms with E-state index >= 15 is 0 Å². The molecule has 0 aliphatic carbocycles. The van der Waals surface area contributed by atoms with Crippen molar-refractivity contribution in [2.45, 2.75) is 39.2 Å². The van der Waals surface area contributed by atoms with Crippen LogP contribution in [0.25, 0.3) is 0 Å². The predicted molar refractivity (Wildman–Crippen MR) is 106 cm³/mol. The number of hydrogen-bond acceptors (Lipinski definition) is 4. The Hall–Kier alpha value is -3.09. The van der Waals surface area contributed by atoms with Crippen LogP contribution in [0.15, 0.2) is 30.3 Å². The van der Waals surface area contributed by atoms with Gasteiger partial charge in [0, 0.05) is 36.8 Å². The van der Waals surface area contributed by atoms with Gasteiger partial charge in [0.05, 0.1) is 12.8 Å². The number of methoxy groups -OCH3 is 1. The molecule has 3 heterocycles. The first-order chi connectivity index (χ1) is 13.5. The highest BCUT2D eigenvalue weighted by Gasteiger charge is 2.27. The molecule has 1 aromatic carbocycles. The average Bonchev–Trinajstić information content (AvgIpc) is 3.20. The first-order valence-electron chi connectivity index (χ1n) is 9.55. The Morgan fingerprint density at radius 1 is 1.29 bits per heavy atom. The molecule has 4 rings (SSSR count). The number of para-hydroxylation sites is 1. The van der Waals surface area contributed by atoms with E-state index in [0.717, 1.165) is 40.8 Å². The molecule has 1 aliphatic rings. The van der Waals surface area contributed by atoms with Gasteiger partial charge in [-0.15, -0.1) is 0 Å². The topological polar surface area (TPSA) is 84.8 Å². The number of fused-ring (bicyclic) bond motifs is 1. The highest BCUT2D eigenvalue weighted by atomic mass is 16.5. The number of H-pyrrole nitrogens is 1. The molecule has 0 saturated heterocycles. The predicted octanol–water partition coefficient (Wildman–Crippen LogP) is 2.54. The van der Waals surface area contributed by atoms with Crippen LogP contribution in [0.2, 0.25) is 0 Å². The summed E-state index contributed by atoms with van der Waals surface area (Å²) in [7, 11) is 1.67. The summed E-state index contributed by atoms with van der Waals surface area (Å²) < 4.78 is 7.48. The van der Waals surface area contributed by atoms with E-state index in [1.807, 2.05) is 36.7 Å². The second-order valence-electron chi connectivity index (χ2n) is 7.26. The van der Waals surface area contributed by atoms with E-state index in [-0.39, 0.29) is 11.8 Å². The monoisotopic (exact) mass is 379 g/mol. The number of ether oxygens (including phenoxy) is 1. The number of aromatic nitrogens is 4. The van der Waals surface area contributed by atoms with Crippen molar-refractivity contribution in [3.05, 3.63) is 64.5 Å². The van der Waals surface area contributed by atoms with Gasteiger partial charge in [0.15, 0.2) is 0 Å². The van der Waals surface area contributed by atoms with Crippen molar-refractivity contribution in [3.8, 4) is 5.75 Å². The Kier molecular flexibility index (Phi) is 4.90. The van der Waals surface area contributed by atoms with E-state index < -0.39 is 0 Å². The summed E-state index contributed by atoms with van der Waals surface area (Å²) in [5, 5.41) is 7.50. The molecular weight excluding hydrogens is 354 g/mol. The fourth-order valence-electron chi connectivity index (χ4n) is 3.87. The number of benzene rings is 1. The second-order valence-corrected chi connectivity index (χ2v) is 7.26. The molecule has 0 radical (unpaired) electrons. The van der Waals surface area contributed by atoms with Gasteiger partial charge in [-0.05, 0) is 38.0 Å². The summed E-state index contributed by atoms with van der Waals surface area (Å²) in [6, 6.07) is 10.0. The van der Waals surface area contributed by atoms with Crippen LogP contribution in [0.1, 0.15) is 44.9 Å². The highest BCUT2D eigenvalue weighted by Crippen LogP contribution is 2.30. The quantitative estimate of drug-likeness (QED) is 0.713. The maximum Gasteiger partial charge on any atom is 0.271 e. The third-order valence-corrected chi connectivity index (χ3v) is 5.24. The van der Waals surface area contributed by atoms with E-state index in [0.29, 0.717) is 25.1 Å². The Labute approximate surface area is 164 Å². The number of rotatable bonds is 5. The minimum atomic E-state index is -0.124. The standard InChI is InChI=1S/C21H25N5O2/c1-13-10-14(2)26(25-13)9-8-19-23-17-11-15(12-22-21(27)20(17)24-19)16-6-4-5-7-18(16)28-3/h4-7,10,15H,8-9,11-12H2,1-3H3,(H,22,27)(H,23,24)/t15-/m0/s1. The average molecular weight is 379 g/mol. The van der Waals surface area contributed by atoms with Crippen molar-refractivity contribution >= 4 is 5.91 Å². The fraction of sp³-hybridized carbons (Fsp3) is 0.381. The third kappa shape index (κ3) is 3.52. The molecule has 1 amide bonds. The molecule has 1 atom stereocenters. The third-order valence-electron chi connectivity index (χ3n) is 5.24. The van der Waals surface area contributed by atoms with Crippen molar-refractivity contribution in [2.24, 2.45) is 0 Å². The molecule has 146 valence electrons. The highest BCUT2D eigenvalue weighted by molar-refractivity contribution is 5.94. The van der Waals surface area contributed by atoms with E-state index in [1.165, 1.54) is 0 Å². The number of aromatic amines is 1. The number of nitrogens with one attached hydrogen (secondary N) is 2. The summed E-state index contributed by atoms with van der Waals surface area (Å²) in [6.07, 6.45) is 1.41. The summed E-state index contributed by atoms with van der Waals surface area (Å²) >= 11 is 0. The van der Waals surface area contributed by atoms with Gasteiger partial charge >= 0.3 is 0 Å². The van der Waals surface area contributed by atoms with Crippen molar-refractivity contribution in [1.29, 1.82) is 0 Å². The molecule has 0 spiro atoms. The maximum absolute atomic E-state index is 12.5. The van der Waals surface area contributed by atoms with Gasteiger partial charge in [0.25, 0.3) is 5.91 Å². The molecule has 0 fully saturated rings. The molecule has 28 heavy (non-hydrogen) atoms. The fourth-order valence-corrected chi connectivity index (χ4v) is 3.87. The van der Waals surface area contributed by atoms with E-state index in [1.54, 1.807) is 7.11 Å². The number of imidazole rings is 1. The van der Waals surface area contributed by atoms with Crippen LogP contribution in [0.5, 0.6) is 5.75 Å². The lowest BCUT2D eigenvalue weighted by Crippen LogP contribution is -2.26. The van der Waals surface area contributed by atoms with E-state index in [2.05, 4.69) is 32.5 Å². The molecule has 7 nitrogen and oxygen atoms in total. The molecule has 1 aliphatic heterocycles. The first-order valence-corrected chi connectivity index (χ1v) is 9.55. The van der Waals surface area contributed by atoms with Crippen LogP contribution >= 0.6 is 0 Å². The van der Waals surface area contributed by atoms with E-state index in [9.17, 15) is 4.79 Å². The number of carbonyl (C=O) groups is 1. The molecule has 7 heteroatoms. The zero-order valence-electron chi connectivity index (χ0n) is 16.5. The first kappa shape index (κ1) is 18.3. The van der Waals surface area contributed by atoms with Crippen molar-refractivity contribution < 1.29 is 9.53 Å².